The predicted molar refractivity (Wildman–Crippen MR) is 139 cm³/mol. The Balaban J connectivity index is 1.54. The molecular weight excluding hydrogens is 514 g/mol. The minimum absolute atomic E-state index is 0.134. The summed E-state index contributed by atoms with van der Waals surface area (Å²) in [6, 6.07) is 14.7. The van der Waals surface area contributed by atoms with Crippen molar-refractivity contribution in [2.45, 2.75) is 25.5 Å². The van der Waals surface area contributed by atoms with E-state index in [4.69, 9.17) is 13.9 Å². The lowest BCUT2D eigenvalue weighted by Crippen LogP contribution is -2.46. The number of ether oxygens (including phenoxy) is 3. The fraction of sp³-hybridized carbons (Fsp3) is 0.357. The first-order valence-corrected chi connectivity index (χ1v) is 12.4. The zero-order valence-electron chi connectivity index (χ0n) is 21.6. The number of methoxy groups -OCH3 is 2. The second kappa shape index (κ2) is 12.6. The van der Waals surface area contributed by atoms with Gasteiger partial charge in [-0.15, -0.1) is 0 Å². The molecular formula is C28H30F2N2O7. The van der Waals surface area contributed by atoms with Gasteiger partial charge in [-0.2, -0.15) is 8.78 Å². The number of rotatable bonds is 10. The van der Waals surface area contributed by atoms with Crippen LogP contribution in [0.3, 0.4) is 0 Å². The van der Waals surface area contributed by atoms with Crippen LogP contribution in [0, 0.1) is 0 Å². The molecule has 3 aromatic rings. The lowest BCUT2D eigenvalue weighted by molar-refractivity contribution is -0.141. The van der Waals surface area contributed by atoms with Gasteiger partial charge in [0, 0.05) is 37.9 Å². The van der Waals surface area contributed by atoms with Gasteiger partial charge in [-0.05, 0) is 42.0 Å². The molecule has 1 fully saturated rings. The van der Waals surface area contributed by atoms with Gasteiger partial charge in [-0.25, -0.2) is 0 Å². The molecule has 11 heteroatoms. The van der Waals surface area contributed by atoms with Gasteiger partial charge in [0.15, 0.2) is 5.76 Å². The van der Waals surface area contributed by atoms with Crippen LogP contribution in [-0.4, -0.2) is 63.0 Å². The maximum absolute atomic E-state index is 12.8. The third-order valence-corrected chi connectivity index (χ3v) is 6.59. The molecule has 1 aliphatic heterocycles. The summed E-state index contributed by atoms with van der Waals surface area (Å²) in [6.45, 7) is 0.166. The number of carbonyl (C=O) groups is 1. The Morgan fingerprint density at radius 1 is 1.03 bits per heavy atom. The van der Waals surface area contributed by atoms with E-state index in [-0.39, 0.29) is 17.9 Å². The van der Waals surface area contributed by atoms with Gasteiger partial charge < -0.3 is 28.6 Å². The Bertz CT molecular complexity index is 1320. The van der Waals surface area contributed by atoms with Crippen molar-refractivity contribution >= 4 is 11.7 Å². The summed E-state index contributed by atoms with van der Waals surface area (Å²) in [5, 5.41) is 10.6. The number of piperazine rings is 1. The predicted octanol–water partition coefficient (Wildman–Crippen LogP) is 3.97. The number of alkyl halides is 2. The molecule has 1 saturated heterocycles. The highest BCUT2D eigenvalue weighted by Gasteiger charge is 2.28. The van der Waals surface area contributed by atoms with Crippen LogP contribution in [0.5, 0.6) is 17.2 Å². The summed E-state index contributed by atoms with van der Waals surface area (Å²) < 4.78 is 46.0. The Labute approximate surface area is 224 Å². The number of hydrogen-bond donors (Lipinski definition) is 1. The molecule has 0 bridgehead atoms. The van der Waals surface area contributed by atoms with E-state index in [9.17, 15) is 23.5 Å². The average Bonchev–Trinajstić information content (AvgIpc) is 2.94. The normalized spacial score (nSPS) is 14.7. The summed E-state index contributed by atoms with van der Waals surface area (Å²) in [6.07, 6.45) is -0.297. The van der Waals surface area contributed by atoms with Crippen LogP contribution in [0.1, 0.15) is 29.4 Å². The zero-order chi connectivity index (χ0) is 27.9. The molecule has 1 aliphatic rings. The highest BCUT2D eigenvalue weighted by molar-refractivity contribution is 5.71. The topological polar surface area (TPSA) is 102 Å². The Kier molecular flexibility index (Phi) is 9.03. The summed E-state index contributed by atoms with van der Waals surface area (Å²) in [5.74, 6) is -1.45. The van der Waals surface area contributed by atoms with Crippen LogP contribution >= 0.6 is 0 Å². The first-order chi connectivity index (χ1) is 18.8. The second-order valence-corrected chi connectivity index (χ2v) is 9.03. The summed E-state index contributed by atoms with van der Waals surface area (Å²) >= 11 is 0. The summed E-state index contributed by atoms with van der Waals surface area (Å²) in [4.78, 5) is 29.3. The average molecular weight is 545 g/mol. The van der Waals surface area contributed by atoms with E-state index >= 15 is 0 Å². The van der Waals surface area contributed by atoms with Crippen LogP contribution in [0.2, 0.25) is 0 Å². The molecule has 4 rings (SSSR count). The van der Waals surface area contributed by atoms with Crippen molar-refractivity contribution in [3.63, 3.8) is 0 Å². The maximum Gasteiger partial charge on any atom is 0.387 e. The number of halogens is 2. The van der Waals surface area contributed by atoms with Crippen molar-refractivity contribution < 1.29 is 37.3 Å². The van der Waals surface area contributed by atoms with E-state index in [0.29, 0.717) is 31.0 Å². The number of hydrogen-bond acceptors (Lipinski definition) is 9. The van der Waals surface area contributed by atoms with Gasteiger partial charge in [0.1, 0.15) is 17.3 Å². The first-order valence-electron chi connectivity index (χ1n) is 12.4. The fourth-order valence-corrected chi connectivity index (χ4v) is 4.57. The van der Waals surface area contributed by atoms with E-state index < -0.39 is 29.7 Å². The third kappa shape index (κ3) is 7.05. The van der Waals surface area contributed by atoms with Crippen molar-refractivity contribution in [3.8, 4) is 17.2 Å². The molecule has 39 heavy (non-hydrogen) atoms. The van der Waals surface area contributed by atoms with E-state index in [1.165, 1.54) is 31.4 Å². The van der Waals surface area contributed by atoms with Crippen molar-refractivity contribution in [2.75, 3.05) is 45.3 Å². The number of benzene rings is 2. The quantitative estimate of drug-likeness (QED) is 0.380. The van der Waals surface area contributed by atoms with Gasteiger partial charge in [-0.3, -0.25) is 14.5 Å². The lowest BCUT2D eigenvalue weighted by Gasteiger charge is -2.36. The van der Waals surface area contributed by atoms with Gasteiger partial charge in [0.05, 0.1) is 33.1 Å². The molecule has 1 unspecified atom stereocenters. The van der Waals surface area contributed by atoms with E-state index in [0.717, 1.165) is 24.5 Å². The number of nitrogens with zero attached hydrogens (tertiary/aromatic N) is 2. The number of esters is 1. The van der Waals surface area contributed by atoms with Crippen molar-refractivity contribution in [1.82, 2.24) is 4.90 Å². The van der Waals surface area contributed by atoms with E-state index in [1.807, 2.05) is 24.3 Å². The van der Waals surface area contributed by atoms with Crippen molar-refractivity contribution in [3.05, 3.63) is 81.9 Å². The molecule has 0 aliphatic carbocycles. The van der Waals surface area contributed by atoms with Crippen LogP contribution in [0.4, 0.5) is 14.5 Å². The third-order valence-electron chi connectivity index (χ3n) is 6.59. The maximum atomic E-state index is 12.8. The molecule has 0 amide bonds. The van der Waals surface area contributed by atoms with Crippen LogP contribution in [0.15, 0.2) is 63.8 Å². The van der Waals surface area contributed by atoms with Crippen LogP contribution < -0.4 is 19.8 Å². The van der Waals surface area contributed by atoms with Crippen molar-refractivity contribution in [1.29, 1.82) is 0 Å². The minimum Gasteiger partial charge on any atom is -0.502 e. The molecule has 1 N–H and O–H groups in total. The molecule has 2 aromatic carbocycles. The first kappa shape index (κ1) is 27.9. The van der Waals surface area contributed by atoms with Gasteiger partial charge in [0.2, 0.25) is 11.2 Å². The monoisotopic (exact) mass is 544 g/mol. The standard InChI is InChI=1S/C28H30F2N2O7/c1-36-20-8-6-19(7-9-20)32-12-10-31(11-13-32)17-22-15-24(33)26(35)27(38-22)23(16-25(34)37-2)18-4-3-5-21(14-18)39-28(29)30/h3-9,14-15,23,28,35H,10-13,16-17H2,1-2H3. The van der Waals surface area contributed by atoms with Crippen LogP contribution in [0.25, 0.3) is 0 Å². The number of aromatic hydroxyl groups is 1. The Hall–Kier alpha value is -4.12. The van der Waals surface area contributed by atoms with E-state index in [2.05, 4.69) is 14.5 Å². The highest BCUT2D eigenvalue weighted by Crippen LogP contribution is 2.35. The van der Waals surface area contributed by atoms with Gasteiger partial charge in [0.25, 0.3) is 0 Å². The molecule has 2 heterocycles. The number of carbonyl (C=O) groups excluding carboxylic acids is 1. The minimum atomic E-state index is -3.04. The molecule has 0 saturated carbocycles. The van der Waals surface area contributed by atoms with E-state index in [1.54, 1.807) is 13.2 Å². The lowest BCUT2D eigenvalue weighted by atomic mass is 9.92. The highest BCUT2D eigenvalue weighted by atomic mass is 19.3. The Morgan fingerprint density at radius 3 is 2.38 bits per heavy atom. The van der Waals surface area contributed by atoms with Gasteiger partial charge >= 0.3 is 12.6 Å². The van der Waals surface area contributed by atoms with Crippen LogP contribution in [-0.2, 0) is 16.1 Å². The number of anilines is 1. The fourth-order valence-electron chi connectivity index (χ4n) is 4.57. The molecule has 1 aromatic heterocycles. The summed E-state index contributed by atoms with van der Waals surface area (Å²) in [7, 11) is 2.82. The molecule has 0 spiro atoms. The molecule has 0 radical (unpaired) electrons. The molecule has 208 valence electrons. The van der Waals surface area contributed by atoms with Gasteiger partial charge in [-0.1, -0.05) is 12.1 Å². The Morgan fingerprint density at radius 2 is 1.74 bits per heavy atom. The summed E-state index contributed by atoms with van der Waals surface area (Å²) in [5.41, 5.74) is 0.748. The van der Waals surface area contributed by atoms with Crippen molar-refractivity contribution in [2.24, 2.45) is 0 Å². The largest absolute Gasteiger partial charge is 0.502 e. The SMILES string of the molecule is COC(=O)CC(c1cccc(OC(F)F)c1)c1oc(CN2CCN(c3ccc(OC)cc3)CC2)cc(=O)c1O. The smallest absolute Gasteiger partial charge is 0.387 e. The zero-order valence-corrected chi connectivity index (χ0v) is 21.6. The molecule has 1 atom stereocenters. The second-order valence-electron chi connectivity index (χ2n) is 9.03. The molecule has 9 nitrogen and oxygen atoms in total.